The Labute approximate surface area is 708 Å². The first-order chi connectivity index (χ1) is 57.3. The molecular weight excluding hydrogens is 1480 g/mol. The summed E-state index contributed by atoms with van der Waals surface area (Å²) in [5.41, 5.74) is 0. The number of aliphatic hydroxyl groups is 11. The second kappa shape index (κ2) is 75.4. The molecule has 0 aromatic heterocycles. The highest BCUT2D eigenvalue weighted by Gasteiger charge is 2.54. The van der Waals surface area contributed by atoms with Crippen LogP contribution in [0.1, 0.15) is 335 Å². The molecule has 3 aliphatic heterocycles. The molecule has 19 heteroatoms. The Morgan fingerprint density at radius 1 is 0.316 bits per heavy atom. The number of unbranched alkanes of at least 4 members (excludes halogenated alkanes) is 36. The average molecular weight is 1650 g/mol. The van der Waals surface area contributed by atoms with Crippen molar-refractivity contribution in [3.8, 4) is 0 Å². The minimum atomic E-state index is -1.99. The number of allylic oxidation sites excluding steroid dienone is 23. The van der Waals surface area contributed by atoms with E-state index < -0.39 is 124 Å². The molecule has 17 unspecified atom stereocenters. The minimum Gasteiger partial charge on any atom is -0.394 e. The summed E-state index contributed by atoms with van der Waals surface area (Å²) in [5, 5.41) is 121. The van der Waals surface area contributed by atoms with E-state index in [1.807, 2.05) is 6.08 Å². The van der Waals surface area contributed by atoms with Crippen molar-refractivity contribution in [1.29, 1.82) is 0 Å². The van der Waals surface area contributed by atoms with Crippen molar-refractivity contribution in [2.75, 3.05) is 26.4 Å². The number of carbonyl (C=O) groups is 1. The summed E-state index contributed by atoms with van der Waals surface area (Å²) in [7, 11) is 0. The Morgan fingerprint density at radius 3 is 0.923 bits per heavy atom. The largest absolute Gasteiger partial charge is 0.394 e. The molecule has 1 amide bonds. The number of carbonyl (C=O) groups excluding carboxylic acids is 1. The second-order valence-electron chi connectivity index (χ2n) is 32.4. The predicted molar refractivity (Wildman–Crippen MR) is 475 cm³/mol. The maximum atomic E-state index is 13.5. The molecule has 0 aromatic rings. The number of rotatable bonds is 74. The van der Waals surface area contributed by atoms with Crippen LogP contribution in [0.15, 0.2) is 146 Å². The van der Waals surface area contributed by atoms with E-state index in [0.717, 1.165) is 128 Å². The topological polar surface area (TPSA) is 307 Å². The van der Waals surface area contributed by atoms with E-state index in [1.165, 1.54) is 180 Å². The van der Waals surface area contributed by atoms with Crippen molar-refractivity contribution in [3.63, 3.8) is 0 Å². The Bertz CT molecular complexity index is 2680. The number of nitrogens with one attached hydrogen (secondary N) is 1. The van der Waals surface area contributed by atoms with Crippen molar-refractivity contribution >= 4 is 5.91 Å². The van der Waals surface area contributed by atoms with Gasteiger partial charge in [-0.05, 0) is 103 Å². The van der Waals surface area contributed by atoms with Gasteiger partial charge in [-0.15, -0.1) is 0 Å². The van der Waals surface area contributed by atoms with E-state index in [1.54, 1.807) is 6.08 Å². The molecule has 0 saturated carbocycles. The first-order valence-electron chi connectivity index (χ1n) is 46.6. The molecule has 3 saturated heterocycles. The van der Waals surface area contributed by atoms with Gasteiger partial charge in [0.1, 0.15) is 73.2 Å². The summed E-state index contributed by atoms with van der Waals surface area (Å²) in [6.45, 7) is 1.64. The Kier molecular flexibility index (Phi) is 68.9. The fourth-order valence-electron chi connectivity index (χ4n) is 14.8. The van der Waals surface area contributed by atoms with Crippen LogP contribution in [0.5, 0.6) is 0 Å². The molecule has 3 rings (SSSR count). The van der Waals surface area contributed by atoms with Crippen LogP contribution in [0.3, 0.4) is 0 Å². The summed E-state index contributed by atoms with van der Waals surface area (Å²) in [4.78, 5) is 13.5. The van der Waals surface area contributed by atoms with Crippen LogP contribution in [0.25, 0.3) is 0 Å². The lowest BCUT2D eigenvalue weighted by atomic mass is 9.96. The normalized spacial score (nSPS) is 25.1. The molecule has 17 atom stereocenters. The van der Waals surface area contributed by atoms with E-state index in [9.17, 15) is 61.0 Å². The summed E-state index contributed by atoms with van der Waals surface area (Å²) in [6, 6.07) is -0.998. The van der Waals surface area contributed by atoms with Crippen LogP contribution in [-0.4, -0.2) is 193 Å². The summed E-state index contributed by atoms with van der Waals surface area (Å²) in [6.07, 6.45) is 84.2. The third-order valence-corrected chi connectivity index (χ3v) is 22.1. The highest BCUT2D eigenvalue weighted by atomic mass is 16.8. The number of ether oxygens (including phenoxy) is 6. The third-order valence-electron chi connectivity index (χ3n) is 22.1. The summed E-state index contributed by atoms with van der Waals surface area (Å²) < 4.78 is 34.5. The van der Waals surface area contributed by atoms with Crippen molar-refractivity contribution < 1.29 is 89.4 Å². The zero-order chi connectivity index (χ0) is 84.5. The SMILES string of the molecule is CC/C=C\C/C=C\C/C=C\C/C=C\C/C=C\C/C=C\C/C=C\C/C=C\C/C=C\C/C=C\C/C=C\CCCCCCCC(=O)NC(COC1OC(CO)C(OC2OC(CO)C(OC3OC(CO)C(O)C(O)C3O)C(O)C2O)C(O)C1O)C(O)/C=C/CCCCCCCCCCCCCCCCCCCCCCCCCCCCCCCCC. The monoisotopic (exact) mass is 1650 g/mol. The summed E-state index contributed by atoms with van der Waals surface area (Å²) in [5.74, 6) is -0.296. The average Bonchev–Trinajstić information content (AvgIpc) is 0.777. The molecule has 0 aromatic carbocycles. The van der Waals surface area contributed by atoms with Crippen LogP contribution in [0, 0.1) is 0 Å². The predicted octanol–water partition coefficient (Wildman–Crippen LogP) is 18.5. The van der Waals surface area contributed by atoms with Gasteiger partial charge in [-0.25, -0.2) is 0 Å². The number of amides is 1. The van der Waals surface area contributed by atoms with Crippen molar-refractivity contribution in [1.82, 2.24) is 5.32 Å². The summed E-state index contributed by atoms with van der Waals surface area (Å²) >= 11 is 0. The quantitative estimate of drug-likeness (QED) is 0.0199. The van der Waals surface area contributed by atoms with E-state index in [-0.39, 0.29) is 18.9 Å². The zero-order valence-corrected chi connectivity index (χ0v) is 72.6. The van der Waals surface area contributed by atoms with Crippen LogP contribution in [0.4, 0.5) is 0 Å². The standard InChI is InChI=1S/C98H167NO18/c1-3-5-7-9-11-13-15-17-19-21-23-25-27-29-31-33-35-37-38-39-40-41-42-44-46-48-50-52-54-56-58-60-62-64-66-68-70-72-74-76-86(104)99-81(82(103)75-73-71-69-67-65-63-61-59-57-55-53-51-49-47-45-43-36-34-32-30-28-26-24-22-20-18-16-14-12-10-8-6-4-2)80-112-96-92(110)89(107)94(84(78-101)114-96)117-98-93(111)90(108)95(85(79-102)115-98)116-97-91(109)88(106)87(105)83(77-100)113-97/h5,7,11,13,17,19,23,25,29,31,35,37,39-40,42,44,48,50,54,56,60,62,73,75,81-85,87-98,100-103,105-111H,3-4,6,8-10,12,14-16,18,20-22,24,26-28,30,32-34,36,38,41,43,45-47,49,51-53,55,57-59,61,63-72,74,76-80H2,1-2H3,(H,99,104)/b7-5-,13-11-,19-17-,25-23-,31-29-,37-35-,40-39-,44-42-,50-48-,56-54-,62-60-,75-73+. The lowest BCUT2D eigenvalue weighted by Crippen LogP contribution is -2.66. The van der Waals surface area contributed by atoms with E-state index in [2.05, 4.69) is 153 Å². The van der Waals surface area contributed by atoms with Gasteiger partial charge in [-0.2, -0.15) is 0 Å². The molecule has 3 aliphatic rings. The molecule has 0 bridgehead atoms. The highest BCUT2D eigenvalue weighted by molar-refractivity contribution is 5.76. The van der Waals surface area contributed by atoms with Crippen molar-refractivity contribution in [2.24, 2.45) is 0 Å². The molecule has 672 valence electrons. The Balaban J connectivity index is 1.34. The van der Waals surface area contributed by atoms with Crippen LogP contribution >= 0.6 is 0 Å². The number of hydrogen-bond donors (Lipinski definition) is 12. The van der Waals surface area contributed by atoms with Gasteiger partial charge in [-0.3, -0.25) is 4.79 Å². The van der Waals surface area contributed by atoms with Gasteiger partial charge in [0.15, 0.2) is 18.9 Å². The molecule has 12 N–H and O–H groups in total. The lowest BCUT2D eigenvalue weighted by Gasteiger charge is -2.48. The van der Waals surface area contributed by atoms with Gasteiger partial charge in [-0.1, -0.05) is 372 Å². The van der Waals surface area contributed by atoms with Crippen LogP contribution in [0.2, 0.25) is 0 Å². The number of aliphatic hydroxyl groups excluding tert-OH is 11. The molecule has 3 heterocycles. The first kappa shape index (κ1) is 107. The van der Waals surface area contributed by atoms with Gasteiger partial charge < -0.3 is 89.9 Å². The smallest absolute Gasteiger partial charge is 0.220 e. The molecule has 0 spiro atoms. The fraction of sp³-hybridized carbons (Fsp3) is 0.745. The molecule has 3 fully saturated rings. The van der Waals surface area contributed by atoms with Gasteiger partial charge in [0.25, 0.3) is 0 Å². The van der Waals surface area contributed by atoms with Gasteiger partial charge in [0, 0.05) is 6.42 Å². The van der Waals surface area contributed by atoms with E-state index >= 15 is 0 Å². The van der Waals surface area contributed by atoms with E-state index in [4.69, 9.17) is 28.4 Å². The minimum absolute atomic E-state index is 0.212. The third kappa shape index (κ3) is 53.3. The van der Waals surface area contributed by atoms with Crippen molar-refractivity contribution in [3.05, 3.63) is 146 Å². The molecular formula is C98H167NO18. The van der Waals surface area contributed by atoms with Gasteiger partial charge >= 0.3 is 0 Å². The Hall–Kier alpha value is -4.33. The molecule has 0 radical (unpaired) electrons. The van der Waals surface area contributed by atoms with Crippen molar-refractivity contribution in [2.45, 2.75) is 439 Å². The zero-order valence-electron chi connectivity index (χ0n) is 72.6. The molecule has 19 nitrogen and oxygen atoms in total. The lowest BCUT2D eigenvalue weighted by molar-refractivity contribution is -0.379. The van der Waals surface area contributed by atoms with Gasteiger partial charge in [0.05, 0.1) is 38.6 Å². The number of hydrogen-bond acceptors (Lipinski definition) is 18. The Morgan fingerprint density at radius 2 is 0.590 bits per heavy atom. The first-order valence-corrected chi connectivity index (χ1v) is 46.6. The van der Waals surface area contributed by atoms with Crippen LogP contribution < -0.4 is 5.32 Å². The highest BCUT2D eigenvalue weighted by Crippen LogP contribution is 2.33. The van der Waals surface area contributed by atoms with Gasteiger partial charge in [0.2, 0.25) is 5.91 Å². The van der Waals surface area contributed by atoms with E-state index in [0.29, 0.717) is 6.42 Å². The van der Waals surface area contributed by atoms with Crippen LogP contribution in [-0.2, 0) is 33.2 Å². The second-order valence-corrected chi connectivity index (χ2v) is 32.4. The molecule has 0 aliphatic carbocycles. The maximum absolute atomic E-state index is 13.5. The fourth-order valence-corrected chi connectivity index (χ4v) is 14.8. The maximum Gasteiger partial charge on any atom is 0.220 e. The molecule has 117 heavy (non-hydrogen) atoms.